The minimum absolute atomic E-state index is 0.0671. The number of rotatable bonds is 5. The lowest BCUT2D eigenvalue weighted by atomic mass is 10.1. The molecule has 19 heavy (non-hydrogen) atoms. The quantitative estimate of drug-likeness (QED) is 0.895. The molecule has 1 heterocycles. The summed E-state index contributed by atoms with van der Waals surface area (Å²) in [6.07, 6.45) is 6.75. The average molecular weight is 257 g/mol. The maximum atomic E-state index is 11.9. The second kappa shape index (κ2) is 6.18. The molecular formula is C15H19N3O. The van der Waals surface area contributed by atoms with Crippen LogP contribution in [0.25, 0.3) is 0 Å². The fraction of sp³-hybridized carbons (Fsp3) is 0.333. The minimum Gasteiger partial charge on any atom is -0.337 e. The van der Waals surface area contributed by atoms with Gasteiger partial charge in [0.15, 0.2) is 0 Å². The topological polar surface area (TPSA) is 46.9 Å². The number of benzene rings is 1. The van der Waals surface area contributed by atoms with E-state index in [0.29, 0.717) is 6.42 Å². The third-order valence-electron chi connectivity index (χ3n) is 3.12. The number of aromatic nitrogens is 2. The van der Waals surface area contributed by atoms with Crippen molar-refractivity contribution in [2.24, 2.45) is 0 Å². The van der Waals surface area contributed by atoms with Gasteiger partial charge in [0.25, 0.3) is 0 Å². The number of hydrogen-bond donors (Lipinski definition) is 1. The second-order valence-corrected chi connectivity index (χ2v) is 4.72. The van der Waals surface area contributed by atoms with Gasteiger partial charge in [-0.05, 0) is 31.4 Å². The van der Waals surface area contributed by atoms with Gasteiger partial charge in [0.05, 0.1) is 6.33 Å². The largest absolute Gasteiger partial charge is 0.337 e. The van der Waals surface area contributed by atoms with Crippen molar-refractivity contribution in [1.82, 2.24) is 9.55 Å². The molecular weight excluding hydrogens is 238 g/mol. The first-order valence-electron chi connectivity index (χ1n) is 6.48. The van der Waals surface area contributed by atoms with E-state index >= 15 is 0 Å². The molecule has 0 aliphatic carbocycles. The van der Waals surface area contributed by atoms with Crippen LogP contribution in [0.1, 0.15) is 24.0 Å². The number of para-hydroxylation sites is 1. The van der Waals surface area contributed by atoms with Crippen LogP contribution in [0.15, 0.2) is 36.9 Å². The Morgan fingerprint density at radius 1 is 1.32 bits per heavy atom. The summed E-state index contributed by atoms with van der Waals surface area (Å²) in [5, 5.41) is 2.99. The highest BCUT2D eigenvalue weighted by atomic mass is 16.1. The van der Waals surface area contributed by atoms with Gasteiger partial charge in [0.1, 0.15) is 0 Å². The van der Waals surface area contributed by atoms with Crippen LogP contribution < -0.4 is 5.32 Å². The predicted molar refractivity (Wildman–Crippen MR) is 76.0 cm³/mol. The Labute approximate surface area is 113 Å². The molecule has 1 aromatic carbocycles. The van der Waals surface area contributed by atoms with Crippen molar-refractivity contribution in [3.63, 3.8) is 0 Å². The van der Waals surface area contributed by atoms with Gasteiger partial charge in [0, 0.05) is 31.0 Å². The molecule has 1 amide bonds. The Morgan fingerprint density at radius 2 is 2.05 bits per heavy atom. The fourth-order valence-corrected chi connectivity index (χ4v) is 2.05. The van der Waals surface area contributed by atoms with Gasteiger partial charge in [-0.15, -0.1) is 0 Å². The molecule has 0 saturated carbocycles. The van der Waals surface area contributed by atoms with Crippen LogP contribution in [-0.2, 0) is 11.3 Å². The molecule has 2 rings (SSSR count). The third kappa shape index (κ3) is 3.68. The summed E-state index contributed by atoms with van der Waals surface area (Å²) in [6, 6.07) is 6.02. The van der Waals surface area contributed by atoms with Crippen molar-refractivity contribution in [2.75, 3.05) is 5.32 Å². The monoisotopic (exact) mass is 257 g/mol. The standard InChI is InChI=1S/C15H19N3O/c1-12-5-3-6-13(2)15(12)17-14(19)7-4-9-18-10-8-16-11-18/h3,5-6,8,10-11H,4,7,9H2,1-2H3,(H,17,19). The average Bonchev–Trinajstić information content (AvgIpc) is 2.87. The lowest BCUT2D eigenvalue weighted by molar-refractivity contribution is -0.116. The van der Waals surface area contributed by atoms with Gasteiger partial charge in [0.2, 0.25) is 5.91 Å². The number of aryl methyl sites for hydroxylation is 3. The summed E-state index contributed by atoms with van der Waals surface area (Å²) in [4.78, 5) is 15.9. The Balaban J connectivity index is 1.84. The van der Waals surface area contributed by atoms with E-state index in [1.807, 2.05) is 42.8 Å². The Hall–Kier alpha value is -2.10. The van der Waals surface area contributed by atoms with Crippen LogP contribution in [-0.4, -0.2) is 15.5 Å². The van der Waals surface area contributed by atoms with E-state index in [9.17, 15) is 4.79 Å². The number of imidazole rings is 1. The molecule has 0 aliphatic rings. The third-order valence-corrected chi connectivity index (χ3v) is 3.12. The highest BCUT2D eigenvalue weighted by molar-refractivity contribution is 5.92. The van der Waals surface area contributed by atoms with Gasteiger partial charge >= 0.3 is 0 Å². The van der Waals surface area contributed by atoms with E-state index in [1.54, 1.807) is 12.5 Å². The maximum Gasteiger partial charge on any atom is 0.224 e. The van der Waals surface area contributed by atoms with Crippen LogP contribution in [0.2, 0.25) is 0 Å². The number of carbonyl (C=O) groups excluding carboxylic acids is 1. The van der Waals surface area contributed by atoms with E-state index in [0.717, 1.165) is 29.8 Å². The molecule has 100 valence electrons. The molecule has 4 heteroatoms. The van der Waals surface area contributed by atoms with Crippen LogP contribution in [0.5, 0.6) is 0 Å². The number of hydrogen-bond acceptors (Lipinski definition) is 2. The summed E-state index contributed by atoms with van der Waals surface area (Å²) >= 11 is 0. The zero-order chi connectivity index (χ0) is 13.7. The first-order chi connectivity index (χ1) is 9.16. The van der Waals surface area contributed by atoms with Gasteiger partial charge < -0.3 is 9.88 Å². The second-order valence-electron chi connectivity index (χ2n) is 4.72. The van der Waals surface area contributed by atoms with E-state index in [4.69, 9.17) is 0 Å². The Bertz CT molecular complexity index is 526. The summed E-state index contributed by atoms with van der Waals surface area (Å²) in [6.45, 7) is 4.84. The van der Waals surface area contributed by atoms with Crippen molar-refractivity contribution < 1.29 is 4.79 Å². The molecule has 0 bridgehead atoms. The van der Waals surface area contributed by atoms with Gasteiger partial charge in [-0.2, -0.15) is 0 Å². The SMILES string of the molecule is Cc1cccc(C)c1NC(=O)CCCn1ccnc1. The Kier molecular flexibility index (Phi) is 4.34. The molecule has 0 fully saturated rings. The number of nitrogens with zero attached hydrogens (tertiary/aromatic N) is 2. The number of carbonyl (C=O) groups is 1. The number of anilines is 1. The predicted octanol–water partition coefficient (Wildman–Crippen LogP) is 2.92. The summed E-state index contributed by atoms with van der Waals surface area (Å²) in [5.41, 5.74) is 3.14. The fourth-order valence-electron chi connectivity index (χ4n) is 2.05. The molecule has 0 spiro atoms. The van der Waals surface area contributed by atoms with Crippen molar-refractivity contribution >= 4 is 11.6 Å². The van der Waals surface area contributed by atoms with Crippen molar-refractivity contribution in [3.05, 3.63) is 48.0 Å². The summed E-state index contributed by atoms with van der Waals surface area (Å²) in [5.74, 6) is 0.0671. The van der Waals surface area contributed by atoms with Crippen LogP contribution in [0.4, 0.5) is 5.69 Å². The van der Waals surface area contributed by atoms with Gasteiger partial charge in [-0.1, -0.05) is 18.2 Å². The molecule has 4 nitrogen and oxygen atoms in total. The van der Waals surface area contributed by atoms with Crippen LogP contribution in [0, 0.1) is 13.8 Å². The molecule has 2 aromatic rings. The molecule has 0 radical (unpaired) electrons. The van der Waals surface area contributed by atoms with Crippen LogP contribution in [0.3, 0.4) is 0 Å². The zero-order valence-electron chi connectivity index (χ0n) is 11.4. The number of nitrogens with one attached hydrogen (secondary N) is 1. The van der Waals surface area contributed by atoms with E-state index in [1.165, 1.54) is 0 Å². The van der Waals surface area contributed by atoms with Crippen LogP contribution >= 0.6 is 0 Å². The highest BCUT2D eigenvalue weighted by Crippen LogP contribution is 2.19. The lowest BCUT2D eigenvalue weighted by Crippen LogP contribution is -2.14. The molecule has 0 aliphatic heterocycles. The summed E-state index contributed by atoms with van der Waals surface area (Å²) < 4.78 is 1.98. The minimum atomic E-state index is 0.0671. The lowest BCUT2D eigenvalue weighted by Gasteiger charge is -2.11. The molecule has 0 unspecified atom stereocenters. The first-order valence-corrected chi connectivity index (χ1v) is 6.48. The van der Waals surface area contributed by atoms with Crippen molar-refractivity contribution in [2.45, 2.75) is 33.2 Å². The molecule has 1 aromatic heterocycles. The normalized spacial score (nSPS) is 10.4. The summed E-state index contributed by atoms with van der Waals surface area (Å²) in [7, 11) is 0. The van der Waals surface area contributed by atoms with Crippen molar-refractivity contribution in [3.8, 4) is 0 Å². The maximum absolute atomic E-state index is 11.9. The smallest absolute Gasteiger partial charge is 0.224 e. The van der Waals surface area contributed by atoms with E-state index in [-0.39, 0.29) is 5.91 Å². The van der Waals surface area contributed by atoms with Crippen molar-refractivity contribution in [1.29, 1.82) is 0 Å². The van der Waals surface area contributed by atoms with E-state index in [2.05, 4.69) is 10.3 Å². The van der Waals surface area contributed by atoms with Gasteiger partial charge in [-0.25, -0.2) is 4.98 Å². The van der Waals surface area contributed by atoms with E-state index < -0.39 is 0 Å². The zero-order valence-corrected chi connectivity index (χ0v) is 11.4. The highest BCUT2D eigenvalue weighted by Gasteiger charge is 2.06. The Morgan fingerprint density at radius 3 is 2.68 bits per heavy atom. The molecule has 0 atom stereocenters. The first kappa shape index (κ1) is 13.3. The molecule has 1 N–H and O–H groups in total. The number of amides is 1. The molecule has 0 saturated heterocycles. The van der Waals surface area contributed by atoms with Gasteiger partial charge in [-0.3, -0.25) is 4.79 Å².